The van der Waals surface area contributed by atoms with Crippen molar-refractivity contribution in [1.82, 2.24) is 9.97 Å². The van der Waals surface area contributed by atoms with E-state index in [9.17, 15) is 0 Å². The number of aliphatic hydroxyl groups is 1. The Kier molecular flexibility index (Phi) is 2.29. The van der Waals surface area contributed by atoms with Crippen molar-refractivity contribution in [2.45, 2.75) is 19.1 Å². The zero-order chi connectivity index (χ0) is 9.97. The molecule has 0 aliphatic carbocycles. The molecule has 1 fully saturated rings. The third-order valence-electron chi connectivity index (χ3n) is 2.29. The average Bonchev–Trinajstić information content (AvgIpc) is 2.17. The van der Waals surface area contributed by atoms with Crippen LogP contribution in [0, 0.1) is 11.3 Å². The van der Waals surface area contributed by atoms with Crippen molar-refractivity contribution >= 4 is 5.95 Å². The van der Waals surface area contributed by atoms with Crippen molar-refractivity contribution in [2.24, 2.45) is 0 Å². The number of anilines is 1. The van der Waals surface area contributed by atoms with E-state index in [-0.39, 0.29) is 12.6 Å². The third-order valence-corrected chi connectivity index (χ3v) is 2.29. The van der Waals surface area contributed by atoms with Crippen molar-refractivity contribution in [2.75, 3.05) is 11.4 Å². The standard InChI is InChI=1S/C9H10N4O/c10-5-8-2-4-13(8)9-11-3-1-7(6-14)12-9/h1,3,8,14H,2,4,6H2. The van der Waals surface area contributed by atoms with Crippen LogP contribution in [0.15, 0.2) is 12.3 Å². The van der Waals surface area contributed by atoms with Gasteiger partial charge in [0.25, 0.3) is 0 Å². The summed E-state index contributed by atoms with van der Waals surface area (Å²) in [5.74, 6) is 0.536. The zero-order valence-corrected chi connectivity index (χ0v) is 7.59. The maximum atomic E-state index is 8.88. The van der Waals surface area contributed by atoms with Crippen LogP contribution in [0.3, 0.4) is 0 Å². The van der Waals surface area contributed by atoms with E-state index >= 15 is 0 Å². The molecule has 0 radical (unpaired) electrons. The molecule has 1 unspecified atom stereocenters. The molecular formula is C9H10N4O. The molecule has 1 aliphatic heterocycles. The van der Waals surface area contributed by atoms with Gasteiger partial charge in [-0.15, -0.1) is 0 Å². The second-order valence-corrected chi connectivity index (χ2v) is 3.13. The van der Waals surface area contributed by atoms with Crippen molar-refractivity contribution < 1.29 is 5.11 Å². The van der Waals surface area contributed by atoms with Gasteiger partial charge in [-0.3, -0.25) is 0 Å². The number of rotatable bonds is 2. The first kappa shape index (κ1) is 8.91. The maximum Gasteiger partial charge on any atom is 0.226 e. The number of nitrogens with zero attached hydrogens (tertiary/aromatic N) is 4. The first-order valence-corrected chi connectivity index (χ1v) is 4.44. The van der Waals surface area contributed by atoms with Gasteiger partial charge in [0.15, 0.2) is 0 Å². The van der Waals surface area contributed by atoms with E-state index in [1.165, 1.54) is 0 Å². The van der Waals surface area contributed by atoms with Crippen molar-refractivity contribution in [3.8, 4) is 6.07 Å². The number of aromatic nitrogens is 2. The Labute approximate surface area is 81.6 Å². The molecule has 0 spiro atoms. The van der Waals surface area contributed by atoms with Crippen LogP contribution in [0.2, 0.25) is 0 Å². The summed E-state index contributed by atoms with van der Waals surface area (Å²) in [5, 5.41) is 17.6. The minimum Gasteiger partial charge on any atom is -0.390 e. The molecule has 1 N–H and O–H groups in total. The van der Waals surface area contributed by atoms with Crippen LogP contribution in [0.5, 0.6) is 0 Å². The normalized spacial score (nSPS) is 20.0. The molecule has 1 aromatic heterocycles. The Morgan fingerprint density at radius 2 is 2.57 bits per heavy atom. The van der Waals surface area contributed by atoms with Crippen molar-refractivity contribution in [1.29, 1.82) is 5.26 Å². The van der Waals surface area contributed by atoms with E-state index in [0.717, 1.165) is 13.0 Å². The lowest BCUT2D eigenvalue weighted by Crippen LogP contribution is -2.47. The van der Waals surface area contributed by atoms with Gasteiger partial charge in [0.2, 0.25) is 5.95 Å². The fourth-order valence-corrected chi connectivity index (χ4v) is 1.37. The molecular weight excluding hydrogens is 180 g/mol. The molecule has 1 aliphatic rings. The number of nitriles is 1. The van der Waals surface area contributed by atoms with Crippen LogP contribution in [0.25, 0.3) is 0 Å². The summed E-state index contributed by atoms with van der Waals surface area (Å²) in [7, 11) is 0. The summed E-state index contributed by atoms with van der Waals surface area (Å²) in [5.41, 5.74) is 0.582. The summed E-state index contributed by atoms with van der Waals surface area (Å²) < 4.78 is 0. The van der Waals surface area contributed by atoms with E-state index < -0.39 is 0 Å². The highest BCUT2D eigenvalue weighted by atomic mass is 16.3. The quantitative estimate of drug-likeness (QED) is 0.714. The molecule has 0 aromatic carbocycles. The fourth-order valence-electron chi connectivity index (χ4n) is 1.37. The van der Waals surface area contributed by atoms with Gasteiger partial charge < -0.3 is 10.0 Å². The van der Waals surface area contributed by atoms with Crippen LogP contribution < -0.4 is 4.90 Å². The van der Waals surface area contributed by atoms with Crippen LogP contribution >= 0.6 is 0 Å². The van der Waals surface area contributed by atoms with E-state index in [2.05, 4.69) is 16.0 Å². The summed E-state index contributed by atoms with van der Waals surface area (Å²) >= 11 is 0. The van der Waals surface area contributed by atoms with Crippen molar-refractivity contribution in [3.05, 3.63) is 18.0 Å². The molecule has 0 saturated carbocycles. The summed E-state index contributed by atoms with van der Waals surface area (Å²) in [6.45, 7) is 0.716. The zero-order valence-electron chi connectivity index (χ0n) is 7.59. The van der Waals surface area contributed by atoms with E-state index in [1.54, 1.807) is 12.3 Å². The lowest BCUT2D eigenvalue weighted by Gasteiger charge is -2.36. The molecule has 1 saturated heterocycles. The van der Waals surface area contributed by atoms with Gasteiger partial charge in [0.1, 0.15) is 6.04 Å². The lowest BCUT2D eigenvalue weighted by atomic mass is 10.1. The summed E-state index contributed by atoms with van der Waals surface area (Å²) in [6, 6.07) is 3.72. The van der Waals surface area contributed by atoms with Crippen LogP contribution in [-0.2, 0) is 6.61 Å². The number of hydrogen-bond acceptors (Lipinski definition) is 5. The van der Waals surface area contributed by atoms with Gasteiger partial charge in [-0.1, -0.05) is 0 Å². The average molecular weight is 190 g/mol. The topological polar surface area (TPSA) is 73.0 Å². The van der Waals surface area contributed by atoms with Crippen LogP contribution in [-0.4, -0.2) is 27.7 Å². The predicted octanol–water partition coefficient (Wildman–Crippen LogP) is 0.0712. The molecule has 0 bridgehead atoms. The molecule has 0 amide bonds. The van der Waals surface area contributed by atoms with Gasteiger partial charge in [-0.2, -0.15) is 5.26 Å². The Bertz CT molecular complexity index is 373. The molecule has 2 heterocycles. The highest BCUT2D eigenvalue weighted by molar-refractivity contribution is 5.39. The Morgan fingerprint density at radius 1 is 1.71 bits per heavy atom. The van der Waals surface area contributed by atoms with Gasteiger partial charge in [-0.05, 0) is 12.5 Å². The molecule has 5 heteroatoms. The van der Waals surface area contributed by atoms with Crippen LogP contribution in [0.4, 0.5) is 5.95 Å². The summed E-state index contributed by atoms with van der Waals surface area (Å²) in [6.07, 6.45) is 2.46. The number of aliphatic hydroxyl groups excluding tert-OH is 1. The summed E-state index contributed by atoms with van der Waals surface area (Å²) in [4.78, 5) is 10.0. The molecule has 72 valence electrons. The molecule has 14 heavy (non-hydrogen) atoms. The number of hydrogen-bond donors (Lipinski definition) is 1. The first-order valence-electron chi connectivity index (χ1n) is 4.44. The second-order valence-electron chi connectivity index (χ2n) is 3.13. The van der Waals surface area contributed by atoms with Gasteiger partial charge in [0, 0.05) is 12.7 Å². The second kappa shape index (κ2) is 3.60. The Hall–Kier alpha value is -1.67. The smallest absolute Gasteiger partial charge is 0.226 e. The maximum absolute atomic E-state index is 8.88. The van der Waals surface area contributed by atoms with Gasteiger partial charge in [-0.25, -0.2) is 9.97 Å². The highest BCUT2D eigenvalue weighted by Crippen LogP contribution is 2.21. The van der Waals surface area contributed by atoms with E-state index in [1.807, 2.05) is 4.90 Å². The third kappa shape index (κ3) is 1.40. The highest BCUT2D eigenvalue weighted by Gasteiger charge is 2.29. The van der Waals surface area contributed by atoms with Crippen molar-refractivity contribution in [3.63, 3.8) is 0 Å². The molecule has 1 aromatic rings. The Morgan fingerprint density at radius 3 is 3.14 bits per heavy atom. The van der Waals surface area contributed by atoms with Gasteiger partial charge >= 0.3 is 0 Å². The minimum absolute atomic E-state index is 0.0966. The first-order chi connectivity index (χ1) is 6.85. The monoisotopic (exact) mass is 190 g/mol. The fraction of sp³-hybridized carbons (Fsp3) is 0.444. The van der Waals surface area contributed by atoms with E-state index in [0.29, 0.717) is 11.6 Å². The van der Waals surface area contributed by atoms with E-state index in [4.69, 9.17) is 10.4 Å². The minimum atomic E-state index is -0.107. The Balaban J connectivity index is 2.20. The predicted molar refractivity (Wildman–Crippen MR) is 49.3 cm³/mol. The largest absolute Gasteiger partial charge is 0.390 e. The van der Waals surface area contributed by atoms with Gasteiger partial charge in [0.05, 0.1) is 18.4 Å². The molecule has 2 rings (SSSR count). The lowest BCUT2D eigenvalue weighted by molar-refractivity contribution is 0.276. The van der Waals surface area contributed by atoms with Crippen LogP contribution in [0.1, 0.15) is 12.1 Å². The SMILES string of the molecule is N#CC1CCN1c1nccc(CO)n1. The molecule has 1 atom stereocenters. The molecule has 5 nitrogen and oxygen atoms in total.